The molecule has 2 aromatic carbocycles. The summed E-state index contributed by atoms with van der Waals surface area (Å²) in [7, 11) is 0. The topological polar surface area (TPSA) is 50.4 Å². The second-order valence-corrected chi connectivity index (χ2v) is 7.56. The first-order valence-electron chi connectivity index (χ1n) is 8.22. The largest absolute Gasteiger partial charge is 0.473 e. The van der Waals surface area contributed by atoms with Gasteiger partial charge in [-0.15, -0.1) is 0 Å². The number of aryl methyl sites for hydroxylation is 2. The highest BCUT2D eigenvalue weighted by atomic mass is 35.5. The smallest absolute Gasteiger partial charge is 0.321 e. The number of hydrogen-bond donors (Lipinski definition) is 2. The second kappa shape index (κ2) is 7.79. The molecule has 0 heterocycles. The van der Waals surface area contributed by atoms with Crippen molar-refractivity contribution < 1.29 is 9.53 Å². The average molecular weight is 361 g/mol. The maximum atomic E-state index is 12.0. The average Bonchev–Trinajstić information content (AvgIpc) is 2.50. The minimum Gasteiger partial charge on any atom is -0.473 e. The van der Waals surface area contributed by atoms with Crippen LogP contribution in [0.25, 0.3) is 0 Å². The first-order valence-corrected chi connectivity index (χ1v) is 8.59. The Morgan fingerprint density at radius 1 is 1.12 bits per heavy atom. The molecule has 0 spiro atoms. The highest BCUT2D eigenvalue weighted by molar-refractivity contribution is 6.30. The number of benzene rings is 2. The molecule has 0 bridgehead atoms. The van der Waals surface area contributed by atoms with Gasteiger partial charge in [-0.2, -0.15) is 0 Å². The van der Waals surface area contributed by atoms with Crippen LogP contribution in [0.3, 0.4) is 0 Å². The van der Waals surface area contributed by atoms with Gasteiger partial charge in [0.25, 0.3) is 0 Å². The van der Waals surface area contributed by atoms with Gasteiger partial charge in [0.2, 0.25) is 0 Å². The number of urea groups is 1. The Morgan fingerprint density at radius 2 is 1.84 bits per heavy atom. The number of ether oxygens (including phenoxy) is 1. The lowest BCUT2D eigenvalue weighted by atomic mass is 9.85. The molecule has 2 N–H and O–H groups in total. The zero-order valence-corrected chi connectivity index (χ0v) is 16.1. The quantitative estimate of drug-likeness (QED) is 0.716. The first kappa shape index (κ1) is 19.1. The van der Waals surface area contributed by atoms with Gasteiger partial charge in [0, 0.05) is 10.7 Å². The summed E-state index contributed by atoms with van der Waals surface area (Å²) in [5, 5.41) is 6.14. The monoisotopic (exact) mass is 360 g/mol. The van der Waals surface area contributed by atoms with Crippen molar-refractivity contribution in [2.75, 3.05) is 12.0 Å². The van der Waals surface area contributed by atoms with Crippen LogP contribution in [0.15, 0.2) is 36.4 Å². The van der Waals surface area contributed by atoms with E-state index in [0.29, 0.717) is 10.7 Å². The summed E-state index contributed by atoms with van der Waals surface area (Å²) >= 11 is 5.92. The normalized spacial score (nSPS) is 11.1. The molecule has 0 unspecified atom stereocenters. The minimum absolute atomic E-state index is 0.0377. The predicted molar refractivity (Wildman–Crippen MR) is 104 cm³/mol. The number of carbonyl (C=O) groups is 1. The van der Waals surface area contributed by atoms with E-state index in [0.717, 1.165) is 16.9 Å². The Morgan fingerprint density at radius 3 is 2.48 bits per heavy atom. The lowest BCUT2D eigenvalue weighted by molar-refractivity contribution is 0.233. The number of amides is 2. The van der Waals surface area contributed by atoms with Crippen molar-refractivity contribution in [3.05, 3.63) is 58.1 Å². The fraction of sp³-hybridized carbons (Fsp3) is 0.350. The first-order chi connectivity index (χ1) is 11.7. The predicted octanol–water partition coefficient (Wildman–Crippen LogP) is 5.41. The van der Waals surface area contributed by atoms with E-state index in [1.807, 2.05) is 19.1 Å². The van der Waals surface area contributed by atoms with Crippen LogP contribution in [0, 0.1) is 13.8 Å². The van der Waals surface area contributed by atoms with Crippen molar-refractivity contribution in [2.24, 2.45) is 0 Å². The van der Waals surface area contributed by atoms with Crippen LogP contribution in [0.1, 0.15) is 37.5 Å². The third-order valence-corrected chi connectivity index (χ3v) is 4.08. The van der Waals surface area contributed by atoms with Gasteiger partial charge in [-0.05, 0) is 54.7 Å². The Labute approximate surface area is 154 Å². The van der Waals surface area contributed by atoms with Crippen LogP contribution in [0.5, 0.6) is 5.75 Å². The van der Waals surface area contributed by atoms with Crippen LogP contribution in [-0.2, 0) is 5.41 Å². The second-order valence-electron chi connectivity index (χ2n) is 7.13. The molecular formula is C20H25ClN2O2. The standard InChI is InChI=1S/C20H25ClN2O2/c1-13-6-9-18(16(10-13)20(3,4)5)25-12-22-19(24)23-17-8-7-15(21)11-14(17)2/h6-11H,12H2,1-5H3,(H2,22,23,24). The zero-order valence-electron chi connectivity index (χ0n) is 15.4. The van der Waals surface area contributed by atoms with Gasteiger partial charge in [0.1, 0.15) is 5.75 Å². The number of anilines is 1. The summed E-state index contributed by atoms with van der Waals surface area (Å²) in [6.45, 7) is 10.4. The van der Waals surface area contributed by atoms with Crippen molar-refractivity contribution in [3.8, 4) is 5.75 Å². The molecule has 0 aromatic heterocycles. The molecule has 2 amide bonds. The maximum absolute atomic E-state index is 12.0. The molecule has 5 heteroatoms. The number of rotatable bonds is 4. The Kier molecular flexibility index (Phi) is 5.96. The lowest BCUT2D eigenvalue weighted by Crippen LogP contribution is -2.32. The summed E-state index contributed by atoms with van der Waals surface area (Å²) in [6, 6.07) is 11.1. The van der Waals surface area contributed by atoms with Crippen LogP contribution in [0.2, 0.25) is 5.02 Å². The Bertz CT molecular complexity index is 767. The SMILES string of the molecule is Cc1ccc(OCNC(=O)Nc2ccc(Cl)cc2C)c(C(C)(C)C)c1. The maximum Gasteiger partial charge on any atom is 0.321 e. The van der Waals surface area contributed by atoms with Crippen LogP contribution in [-0.4, -0.2) is 12.8 Å². The number of nitrogens with one attached hydrogen (secondary N) is 2. The molecule has 2 aromatic rings. The van der Waals surface area contributed by atoms with Gasteiger partial charge in [-0.1, -0.05) is 50.1 Å². The number of carbonyl (C=O) groups excluding carboxylic acids is 1. The van der Waals surface area contributed by atoms with Crippen molar-refractivity contribution in [3.63, 3.8) is 0 Å². The minimum atomic E-state index is -0.324. The molecule has 0 saturated heterocycles. The summed E-state index contributed by atoms with van der Waals surface area (Å²) in [5.74, 6) is 0.779. The van der Waals surface area contributed by atoms with Crippen molar-refractivity contribution in [2.45, 2.75) is 40.0 Å². The molecular weight excluding hydrogens is 336 g/mol. The van der Waals surface area contributed by atoms with E-state index in [9.17, 15) is 4.79 Å². The summed E-state index contributed by atoms with van der Waals surface area (Å²) in [5.41, 5.74) is 3.87. The van der Waals surface area contributed by atoms with Gasteiger partial charge in [0.05, 0.1) is 0 Å². The van der Waals surface area contributed by atoms with E-state index in [1.165, 1.54) is 5.56 Å². The third-order valence-electron chi connectivity index (χ3n) is 3.84. The molecule has 0 atom stereocenters. The van der Waals surface area contributed by atoms with E-state index >= 15 is 0 Å². The molecule has 134 valence electrons. The van der Waals surface area contributed by atoms with Gasteiger partial charge in [-0.25, -0.2) is 4.79 Å². The molecule has 25 heavy (non-hydrogen) atoms. The summed E-state index contributed by atoms with van der Waals surface area (Å²) in [4.78, 5) is 12.0. The Balaban J connectivity index is 1.95. The Hall–Kier alpha value is -2.20. The van der Waals surface area contributed by atoms with E-state index in [1.54, 1.807) is 18.2 Å². The third kappa shape index (κ3) is 5.40. The highest BCUT2D eigenvalue weighted by Gasteiger charge is 2.19. The molecule has 0 radical (unpaired) electrons. The van der Waals surface area contributed by atoms with Crippen molar-refractivity contribution in [1.29, 1.82) is 0 Å². The van der Waals surface area contributed by atoms with E-state index < -0.39 is 0 Å². The molecule has 0 aliphatic carbocycles. The fourth-order valence-electron chi connectivity index (χ4n) is 2.47. The van der Waals surface area contributed by atoms with Crippen LogP contribution in [0.4, 0.5) is 10.5 Å². The molecule has 0 fully saturated rings. The highest BCUT2D eigenvalue weighted by Crippen LogP contribution is 2.32. The van der Waals surface area contributed by atoms with Gasteiger partial charge in [0.15, 0.2) is 6.73 Å². The molecule has 0 aliphatic heterocycles. The fourth-order valence-corrected chi connectivity index (χ4v) is 2.70. The van der Waals surface area contributed by atoms with Crippen molar-refractivity contribution >= 4 is 23.3 Å². The number of hydrogen-bond acceptors (Lipinski definition) is 2. The van der Waals surface area contributed by atoms with E-state index in [-0.39, 0.29) is 18.2 Å². The van der Waals surface area contributed by atoms with E-state index in [2.05, 4.69) is 44.4 Å². The van der Waals surface area contributed by atoms with Gasteiger partial charge >= 0.3 is 6.03 Å². The zero-order chi connectivity index (χ0) is 18.6. The van der Waals surface area contributed by atoms with Crippen molar-refractivity contribution in [1.82, 2.24) is 5.32 Å². The summed E-state index contributed by atoms with van der Waals surface area (Å²) < 4.78 is 5.78. The van der Waals surface area contributed by atoms with E-state index in [4.69, 9.17) is 16.3 Å². The summed E-state index contributed by atoms with van der Waals surface area (Å²) in [6.07, 6.45) is 0. The van der Waals surface area contributed by atoms with Crippen LogP contribution >= 0.6 is 11.6 Å². The number of halogens is 1. The molecule has 4 nitrogen and oxygen atoms in total. The van der Waals surface area contributed by atoms with Gasteiger partial charge < -0.3 is 15.4 Å². The van der Waals surface area contributed by atoms with Crippen LogP contribution < -0.4 is 15.4 Å². The lowest BCUT2D eigenvalue weighted by Gasteiger charge is -2.23. The molecule has 0 saturated carbocycles. The molecule has 0 aliphatic rings. The van der Waals surface area contributed by atoms with Gasteiger partial charge in [-0.3, -0.25) is 0 Å². The molecule has 2 rings (SSSR count).